The van der Waals surface area contributed by atoms with Crippen LogP contribution in [0.3, 0.4) is 0 Å². The molecule has 1 fully saturated rings. The molecule has 0 bridgehead atoms. The average Bonchev–Trinajstić information content (AvgIpc) is 3.26. The molecule has 5 rings (SSSR count). The van der Waals surface area contributed by atoms with Crippen LogP contribution in [0.25, 0.3) is 0 Å². The van der Waals surface area contributed by atoms with E-state index in [4.69, 9.17) is 9.47 Å². The number of benzene rings is 2. The molecule has 1 aliphatic carbocycles. The van der Waals surface area contributed by atoms with Crippen LogP contribution in [0.5, 0.6) is 11.5 Å². The standard InChI is InChI=1S/C29H31BrN2O6/c1-27(2,35)16-32(3)26(34)22-23(17-8-6-5-7-9-17)29(18-10-12-19(30)13-11-18)28(36,25(22)33)24-20(37-4)14-31-15-21(24)38-29/h5-15,22-23,25,33,35-36H,16H2,1-4H3. The Morgan fingerprint density at radius 3 is 2.42 bits per heavy atom. The minimum absolute atomic E-state index is 0.0327. The van der Waals surface area contributed by atoms with E-state index in [9.17, 15) is 20.1 Å². The van der Waals surface area contributed by atoms with Crippen LogP contribution in [0, 0.1) is 5.92 Å². The second-order valence-electron chi connectivity index (χ2n) is 10.7. The lowest BCUT2D eigenvalue weighted by atomic mass is 9.70. The summed E-state index contributed by atoms with van der Waals surface area (Å²) in [4.78, 5) is 19.7. The van der Waals surface area contributed by atoms with Crippen molar-refractivity contribution in [2.45, 2.75) is 42.7 Å². The number of hydrogen-bond donors (Lipinski definition) is 3. The molecule has 1 aromatic heterocycles. The van der Waals surface area contributed by atoms with Crippen LogP contribution in [-0.4, -0.2) is 63.5 Å². The Morgan fingerprint density at radius 1 is 1.16 bits per heavy atom. The number of methoxy groups -OCH3 is 1. The highest BCUT2D eigenvalue weighted by Gasteiger charge is 2.78. The number of hydrogen-bond acceptors (Lipinski definition) is 7. The Morgan fingerprint density at radius 2 is 1.82 bits per heavy atom. The first-order chi connectivity index (χ1) is 18.0. The number of rotatable bonds is 6. The van der Waals surface area contributed by atoms with Gasteiger partial charge in [-0.15, -0.1) is 0 Å². The molecule has 1 aliphatic heterocycles. The van der Waals surface area contributed by atoms with E-state index < -0.39 is 40.7 Å². The second-order valence-corrected chi connectivity index (χ2v) is 11.6. The smallest absolute Gasteiger partial charge is 0.229 e. The molecular formula is C29H31BrN2O6. The third-order valence-corrected chi connectivity index (χ3v) is 8.13. The van der Waals surface area contributed by atoms with Crippen LogP contribution in [0.1, 0.15) is 36.5 Å². The fourth-order valence-electron chi connectivity index (χ4n) is 6.28. The van der Waals surface area contributed by atoms with E-state index in [1.54, 1.807) is 20.9 Å². The molecule has 0 spiro atoms. The number of aliphatic hydroxyl groups is 3. The molecule has 200 valence electrons. The van der Waals surface area contributed by atoms with Gasteiger partial charge in [-0.1, -0.05) is 58.4 Å². The monoisotopic (exact) mass is 582 g/mol. The van der Waals surface area contributed by atoms with Gasteiger partial charge in [-0.05, 0) is 37.1 Å². The Kier molecular flexibility index (Phi) is 6.54. The lowest BCUT2D eigenvalue weighted by Gasteiger charge is -2.41. The number of carbonyl (C=O) groups is 1. The molecule has 3 aromatic rings. The molecule has 9 heteroatoms. The zero-order valence-corrected chi connectivity index (χ0v) is 23.2. The average molecular weight is 583 g/mol. The molecule has 5 atom stereocenters. The number of ether oxygens (including phenoxy) is 2. The quantitative estimate of drug-likeness (QED) is 0.408. The molecule has 2 heterocycles. The van der Waals surface area contributed by atoms with Crippen LogP contribution in [0.15, 0.2) is 71.5 Å². The van der Waals surface area contributed by atoms with Crippen LogP contribution in [-0.2, 0) is 16.0 Å². The van der Waals surface area contributed by atoms with Crippen molar-refractivity contribution in [2.24, 2.45) is 5.92 Å². The van der Waals surface area contributed by atoms with Crippen molar-refractivity contribution < 1.29 is 29.6 Å². The summed E-state index contributed by atoms with van der Waals surface area (Å²) in [6, 6.07) is 16.6. The Bertz CT molecular complexity index is 1350. The zero-order valence-electron chi connectivity index (χ0n) is 21.6. The highest BCUT2D eigenvalue weighted by molar-refractivity contribution is 9.10. The highest BCUT2D eigenvalue weighted by Crippen LogP contribution is 2.69. The number of halogens is 1. The summed E-state index contributed by atoms with van der Waals surface area (Å²) >= 11 is 3.48. The summed E-state index contributed by atoms with van der Waals surface area (Å²) in [5, 5.41) is 35.3. The molecule has 2 aromatic carbocycles. The number of likely N-dealkylation sites (N-methyl/N-ethyl adjacent to an activating group) is 1. The van der Waals surface area contributed by atoms with Gasteiger partial charge in [0.2, 0.25) is 5.91 Å². The predicted octanol–water partition coefficient (Wildman–Crippen LogP) is 3.33. The first-order valence-corrected chi connectivity index (χ1v) is 13.1. The van der Waals surface area contributed by atoms with E-state index in [1.807, 2.05) is 54.6 Å². The number of fused-ring (bicyclic) bond motifs is 3. The minimum Gasteiger partial charge on any atom is -0.495 e. The maximum absolute atomic E-state index is 14.1. The van der Waals surface area contributed by atoms with E-state index >= 15 is 0 Å². The van der Waals surface area contributed by atoms with Crippen molar-refractivity contribution in [2.75, 3.05) is 20.7 Å². The lowest BCUT2D eigenvalue weighted by molar-refractivity contribution is -0.157. The first kappa shape index (κ1) is 26.6. The largest absolute Gasteiger partial charge is 0.495 e. The van der Waals surface area contributed by atoms with E-state index in [2.05, 4.69) is 20.9 Å². The zero-order chi connectivity index (χ0) is 27.5. The van der Waals surface area contributed by atoms with Crippen LogP contribution < -0.4 is 9.47 Å². The molecule has 3 N–H and O–H groups in total. The van der Waals surface area contributed by atoms with Crippen LogP contribution >= 0.6 is 15.9 Å². The molecule has 2 aliphatic rings. The molecule has 8 nitrogen and oxygen atoms in total. The SMILES string of the molecule is COc1cncc2c1C1(O)C(O)C(C(=O)N(C)CC(C)(C)O)C(c3ccccc3)C1(c1ccc(Br)cc1)O2. The summed E-state index contributed by atoms with van der Waals surface area (Å²) < 4.78 is 13.1. The highest BCUT2D eigenvalue weighted by atomic mass is 79.9. The fourth-order valence-corrected chi connectivity index (χ4v) is 6.54. The van der Waals surface area contributed by atoms with Gasteiger partial charge in [0.1, 0.15) is 17.6 Å². The van der Waals surface area contributed by atoms with Crippen LogP contribution in [0.4, 0.5) is 0 Å². The fraction of sp³-hybridized carbons (Fsp3) is 0.379. The summed E-state index contributed by atoms with van der Waals surface area (Å²) in [5.74, 6) is -1.85. The molecule has 1 amide bonds. The first-order valence-electron chi connectivity index (χ1n) is 12.4. The minimum atomic E-state index is -2.08. The Balaban J connectivity index is 1.82. The molecule has 0 saturated heterocycles. The topological polar surface area (TPSA) is 112 Å². The van der Waals surface area contributed by atoms with Crippen molar-refractivity contribution in [3.63, 3.8) is 0 Å². The van der Waals surface area contributed by atoms with Crippen molar-refractivity contribution >= 4 is 21.8 Å². The number of aromatic nitrogens is 1. The van der Waals surface area contributed by atoms with E-state index in [0.29, 0.717) is 11.1 Å². The van der Waals surface area contributed by atoms with Gasteiger partial charge >= 0.3 is 0 Å². The van der Waals surface area contributed by atoms with Crippen LogP contribution in [0.2, 0.25) is 0 Å². The number of nitrogens with zero attached hydrogens (tertiary/aromatic N) is 2. The molecule has 1 saturated carbocycles. The summed E-state index contributed by atoms with van der Waals surface area (Å²) in [6.07, 6.45) is 1.35. The molecule has 0 radical (unpaired) electrons. The van der Waals surface area contributed by atoms with Gasteiger partial charge in [-0.2, -0.15) is 0 Å². The summed E-state index contributed by atoms with van der Waals surface area (Å²) in [6.45, 7) is 3.25. The lowest BCUT2D eigenvalue weighted by Crippen LogP contribution is -2.52. The molecular weight excluding hydrogens is 552 g/mol. The van der Waals surface area contributed by atoms with Gasteiger partial charge in [0, 0.05) is 24.0 Å². The van der Waals surface area contributed by atoms with E-state index in [0.717, 1.165) is 4.47 Å². The van der Waals surface area contributed by atoms with Crippen molar-refractivity contribution in [3.05, 3.63) is 88.2 Å². The van der Waals surface area contributed by atoms with E-state index in [-0.39, 0.29) is 23.6 Å². The number of amides is 1. The normalized spacial score (nSPS) is 27.8. The van der Waals surface area contributed by atoms with Gasteiger partial charge in [0.05, 0.1) is 36.6 Å². The van der Waals surface area contributed by atoms with Crippen molar-refractivity contribution in [1.82, 2.24) is 9.88 Å². The van der Waals surface area contributed by atoms with Crippen molar-refractivity contribution in [1.29, 1.82) is 0 Å². The summed E-state index contributed by atoms with van der Waals surface area (Å²) in [5.41, 5.74) is -3.32. The summed E-state index contributed by atoms with van der Waals surface area (Å²) in [7, 11) is 3.04. The van der Waals surface area contributed by atoms with Gasteiger partial charge in [0.15, 0.2) is 11.2 Å². The van der Waals surface area contributed by atoms with E-state index in [1.165, 1.54) is 24.4 Å². The van der Waals surface area contributed by atoms with Crippen molar-refractivity contribution in [3.8, 4) is 11.5 Å². The van der Waals surface area contributed by atoms with Gasteiger partial charge < -0.3 is 29.7 Å². The maximum atomic E-state index is 14.1. The van der Waals surface area contributed by atoms with Gasteiger partial charge in [0.25, 0.3) is 0 Å². The third kappa shape index (κ3) is 3.83. The number of carbonyl (C=O) groups excluding carboxylic acids is 1. The third-order valence-electron chi connectivity index (χ3n) is 7.60. The second kappa shape index (κ2) is 9.34. The van der Waals surface area contributed by atoms with Gasteiger partial charge in [-0.3, -0.25) is 9.78 Å². The number of pyridine rings is 1. The molecule has 5 unspecified atom stereocenters. The Hall–Kier alpha value is -2.98. The Labute approximate surface area is 230 Å². The maximum Gasteiger partial charge on any atom is 0.229 e. The predicted molar refractivity (Wildman–Crippen MR) is 144 cm³/mol. The number of aliphatic hydroxyl groups excluding tert-OH is 1. The molecule has 38 heavy (non-hydrogen) atoms. The van der Waals surface area contributed by atoms with Gasteiger partial charge in [-0.25, -0.2) is 0 Å².